The first kappa shape index (κ1) is 17.7. The van der Waals surface area contributed by atoms with E-state index in [1.54, 1.807) is 19.9 Å². The number of hydrogen-bond acceptors (Lipinski definition) is 6. The highest BCUT2D eigenvalue weighted by atomic mass is 32.1. The molecule has 0 saturated carbocycles. The Balaban J connectivity index is 1.65. The SMILES string of the molecule is CCC(OC(=O)c1cc2c(s1)CCC(C)C2)C(=O)Nc1cc(C)on1. The van der Waals surface area contributed by atoms with Crippen LogP contribution in [0.5, 0.6) is 0 Å². The maximum Gasteiger partial charge on any atom is 0.349 e. The summed E-state index contributed by atoms with van der Waals surface area (Å²) in [6.07, 6.45) is 2.69. The number of nitrogens with zero attached hydrogens (tertiary/aromatic N) is 1. The molecule has 0 aromatic carbocycles. The molecule has 1 N–H and O–H groups in total. The zero-order valence-corrected chi connectivity index (χ0v) is 15.4. The smallest absolute Gasteiger partial charge is 0.349 e. The number of amides is 1. The van der Waals surface area contributed by atoms with E-state index >= 15 is 0 Å². The molecule has 0 radical (unpaired) electrons. The molecule has 0 fully saturated rings. The summed E-state index contributed by atoms with van der Waals surface area (Å²) in [7, 11) is 0. The Labute approximate surface area is 150 Å². The fourth-order valence-electron chi connectivity index (χ4n) is 2.95. The van der Waals surface area contributed by atoms with Crippen molar-refractivity contribution < 1.29 is 18.8 Å². The standard InChI is InChI=1S/C18H22N2O4S/c1-4-13(17(21)19-16-8-11(3)24-20-16)23-18(22)15-9-12-7-10(2)5-6-14(12)25-15/h8-10,13H,4-7H2,1-3H3,(H,19,20,21). The highest BCUT2D eigenvalue weighted by Gasteiger charge is 2.26. The first-order valence-corrected chi connectivity index (χ1v) is 9.34. The topological polar surface area (TPSA) is 81.4 Å². The van der Waals surface area contributed by atoms with Gasteiger partial charge in [-0.15, -0.1) is 11.3 Å². The molecule has 6 nitrogen and oxygen atoms in total. The third-order valence-corrected chi connectivity index (χ3v) is 5.54. The Morgan fingerprint density at radius 1 is 1.48 bits per heavy atom. The van der Waals surface area contributed by atoms with E-state index in [1.807, 2.05) is 6.07 Å². The lowest BCUT2D eigenvalue weighted by Crippen LogP contribution is -2.32. The molecule has 1 aliphatic rings. The molecule has 1 amide bonds. The van der Waals surface area contributed by atoms with E-state index in [0.717, 1.165) is 19.3 Å². The van der Waals surface area contributed by atoms with Gasteiger partial charge < -0.3 is 14.6 Å². The number of carbonyl (C=O) groups is 2. The van der Waals surface area contributed by atoms with Crippen molar-refractivity contribution in [3.05, 3.63) is 33.2 Å². The molecular weight excluding hydrogens is 340 g/mol. The van der Waals surface area contributed by atoms with Gasteiger partial charge in [-0.25, -0.2) is 4.79 Å². The second-order valence-electron chi connectivity index (χ2n) is 6.52. The zero-order chi connectivity index (χ0) is 18.0. The number of hydrogen-bond donors (Lipinski definition) is 1. The van der Waals surface area contributed by atoms with Crippen LogP contribution >= 0.6 is 11.3 Å². The number of carbonyl (C=O) groups excluding carboxylic acids is 2. The van der Waals surface area contributed by atoms with Crippen LogP contribution in [0.4, 0.5) is 5.82 Å². The number of aryl methyl sites for hydroxylation is 2. The maximum atomic E-state index is 12.4. The number of ether oxygens (including phenoxy) is 1. The predicted molar refractivity (Wildman–Crippen MR) is 94.9 cm³/mol. The summed E-state index contributed by atoms with van der Waals surface area (Å²) >= 11 is 1.48. The Bertz CT molecular complexity index is 780. The lowest BCUT2D eigenvalue weighted by Gasteiger charge is -2.16. The van der Waals surface area contributed by atoms with Crippen molar-refractivity contribution in [2.45, 2.75) is 52.6 Å². The van der Waals surface area contributed by atoms with Crippen LogP contribution in [-0.2, 0) is 22.4 Å². The van der Waals surface area contributed by atoms with Gasteiger partial charge >= 0.3 is 5.97 Å². The molecule has 0 aliphatic heterocycles. The normalized spacial score (nSPS) is 17.6. The quantitative estimate of drug-likeness (QED) is 0.819. The van der Waals surface area contributed by atoms with Crippen LogP contribution in [0.1, 0.15) is 52.6 Å². The van der Waals surface area contributed by atoms with Crippen LogP contribution in [-0.4, -0.2) is 23.1 Å². The summed E-state index contributed by atoms with van der Waals surface area (Å²) in [5.74, 6) is 0.715. The minimum absolute atomic E-state index is 0.317. The largest absolute Gasteiger partial charge is 0.448 e. The van der Waals surface area contributed by atoms with Gasteiger partial charge in [-0.3, -0.25) is 4.79 Å². The number of fused-ring (bicyclic) bond motifs is 1. The number of nitrogens with one attached hydrogen (secondary N) is 1. The average Bonchev–Trinajstić information content (AvgIpc) is 3.17. The fraction of sp³-hybridized carbons (Fsp3) is 0.500. The number of aromatic nitrogens is 1. The highest BCUT2D eigenvalue weighted by molar-refractivity contribution is 7.14. The van der Waals surface area contributed by atoms with Gasteiger partial charge in [0, 0.05) is 10.9 Å². The number of esters is 1. The summed E-state index contributed by atoms with van der Waals surface area (Å²) in [6, 6.07) is 3.53. The second-order valence-corrected chi connectivity index (χ2v) is 7.66. The number of anilines is 1. The minimum Gasteiger partial charge on any atom is -0.448 e. The minimum atomic E-state index is -0.859. The van der Waals surface area contributed by atoms with Crippen molar-refractivity contribution in [1.82, 2.24) is 5.16 Å². The first-order chi connectivity index (χ1) is 12.0. The van der Waals surface area contributed by atoms with Crippen molar-refractivity contribution in [3.63, 3.8) is 0 Å². The van der Waals surface area contributed by atoms with Crippen LogP contribution in [0, 0.1) is 12.8 Å². The monoisotopic (exact) mass is 362 g/mol. The van der Waals surface area contributed by atoms with Gasteiger partial charge in [0.1, 0.15) is 10.6 Å². The molecular formula is C18H22N2O4S. The maximum absolute atomic E-state index is 12.4. The molecule has 2 atom stereocenters. The van der Waals surface area contributed by atoms with E-state index in [4.69, 9.17) is 9.26 Å². The van der Waals surface area contributed by atoms with Crippen LogP contribution in [0.25, 0.3) is 0 Å². The van der Waals surface area contributed by atoms with Crippen molar-refractivity contribution in [2.24, 2.45) is 5.92 Å². The van der Waals surface area contributed by atoms with E-state index in [2.05, 4.69) is 17.4 Å². The zero-order valence-electron chi connectivity index (χ0n) is 14.6. The summed E-state index contributed by atoms with van der Waals surface area (Å²) in [5.41, 5.74) is 1.24. The van der Waals surface area contributed by atoms with E-state index in [0.29, 0.717) is 28.8 Å². The molecule has 2 aromatic heterocycles. The molecule has 25 heavy (non-hydrogen) atoms. The Morgan fingerprint density at radius 3 is 2.96 bits per heavy atom. The third kappa shape index (κ3) is 4.10. The molecule has 0 saturated heterocycles. The van der Waals surface area contributed by atoms with Gasteiger partial charge in [-0.05, 0) is 50.2 Å². The highest BCUT2D eigenvalue weighted by Crippen LogP contribution is 2.32. The lowest BCUT2D eigenvalue weighted by molar-refractivity contribution is -0.124. The van der Waals surface area contributed by atoms with Crippen molar-refractivity contribution >= 4 is 29.0 Å². The van der Waals surface area contributed by atoms with Gasteiger partial charge in [0.25, 0.3) is 5.91 Å². The Hall–Kier alpha value is -2.15. The molecule has 134 valence electrons. The predicted octanol–water partition coefficient (Wildman–Crippen LogP) is 3.74. The van der Waals surface area contributed by atoms with Crippen molar-refractivity contribution in [1.29, 1.82) is 0 Å². The average molecular weight is 362 g/mol. The molecule has 0 bridgehead atoms. The van der Waals surface area contributed by atoms with Crippen molar-refractivity contribution in [2.75, 3.05) is 5.32 Å². The summed E-state index contributed by atoms with van der Waals surface area (Å²) in [6.45, 7) is 5.76. The Kier molecular flexibility index (Phi) is 5.22. The van der Waals surface area contributed by atoms with Crippen LogP contribution in [0.15, 0.2) is 16.7 Å². The van der Waals surface area contributed by atoms with Crippen molar-refractivity contribution in [3.8, 4) is 0 Å². The van der Waals surface area contributed by atoms with Gasteiger partial charge in [0.15, 0.2) is 11.9 Å². The van der Waals surface area contributed by atoms with Crippen LogP contribution < -0.4 is 5.32 Å². The molecule has 2 aromatic rings. The molecule has 0 spiro atoms. The molecule has 2 unspecified atom stereocenters. The third-order valence-electron chi connectivity index (χ3n) is 4.32. The number of thiophene rings is 1. The van der Waals surface area contributed by atoms with Crippen LogP contribution in [0.2, 0.25) is 0 Å². The summed E-state index contributed by atoms with van der Waals surface area (Å²) in [5, 5.41) is 6.32. The summed E-state index contributed by atoms with van der Waals surface area (Å²) in [4.78, 5) is 26.6. The lowest BCUT2D eigenvalue weighted by atomic mass is 9.90. The second kappa shape index (κ2) is 7.39. The molecule has 1 aliphatic carbocycles. The Morgan fingerprint density at radius 2 is 2.28 bits per heavy atom. The molecule has 2 heterocycles. The van der Waals surface area contributed by atoms with Gasteiger partial charge in [0.05, 0.1) is 0 Å². The van der Waals surface area contributed by atoms with Gasteiger partial charge in [-0.2, -0.15) is 0 Å². The van der Waals surface area contributed by atoms with Gasteiger partial charge in [-0.1, -0.05) is 19.0 Å². The van der Waals surface area contributed by atoms with Gasteiger partial charge in [0.2, 0.25) is 0 Å². The summed E-state index contributed by atoms with van der Waals surface area (Å²) < 4.78 is 10.3. The molecule has 3 rings (SSSR count). The van der Waals surface area contributed by atoms with E-state index in [9.17, 15) is 9.59 Å². The number of rotatable bonds is 5. The fourth-order valence-corrected chi connectivity index (χ4v) is 4.04. The molecule has 7 heteroatoms. The first-order valence-electron chi connectivity index (χ1n) is 8.53. The van der Waals surface area contributed by atoms with E-state index in [1.165, 1.54) is 21.8 Å². The van der Waals surface area contributed by atoms with E-state index in [-0.39, 0.29) is 0 Å². The van der Waals surface area contributed by atoms with E-state index < -0.39 is 18.0 Å². The van der Waals surface area contributed by atoms with Crippen LogP contribution in [0.3, 0.4) is 0 Å².